The molecule has 0 fully saturated rings. The molecule has 0 aromatic carbocycles. The fourth-order valence-corrected chi connectivity index (χ4v) is 2.62. The first kappa shape index (κ1) is 29.4. The van der Waals surface area contributed by atoms with Crippen molar-refractivity contribution in [2.75, 3.05) is 6.54 Å². The van der Waals surface area contributed by atoms with Crippen molar-refractivity contribution < 1.29 is 0 Å². The predicted octanol–water partition coefficient (Wildman–Crippen LogP) is 5.47. The van der Waals surface area contributed by atoms with Gasteiger partial charge in [-0.3, -0.25) is 0 Å². The highest BCUT2D eigenvalue weighted by Gasteiger charge is 2.05. The van der Waals surface area contributed by atoms with Crippen LogP contribution >= 0.6 is 9.24 Å². The number of aromatic nitrogens is 1. The number of hydrogen-bond donors (Lipinski definition) is 1. The Morgan fingerprint density at radius 2 is 1.69 bits per heavy atom. The van der Waals surface area contributed by atoms with Gasteiger partial charge in [-0.05, 0) is 32.4 Å². The van der Waals surface area contributed by atoms with Crippen molar-refractivity contribution in [3.63, 3.8) is 0 Å². The Morgan fingerprint density at radius 3 is 2.08 bits per heavy atom. The summed E-state index contributed by atoms with van der Waals surface area (Å²) in [6, 6.07) is 0. The summed E-state index contributed by atoms with van der Waals surface area (Å²) in [6.07, 6.45) is 13.3. The largest absolute Gasteiger partial charge is 0.343 e. The van der Waals surface area contributed by atoms with Crippen molar-refractivity contribution in [2.45, 2.75) is 68.6 Å². The van der Waals surface area contributed by atoms with Crippen molar-refractivity contribution in [1.29, 1.82) is 0 Å². The average Bonchev–Trinajstić information content (AvgIpc) is 3.04. The monoisotopic (exact) mass is 378 g/mol. The van der Waals surface area contributed by atoms with Crippen LogP contribution in [0, 0.1) is 0 Å². The van der Waals surface area contributed by atoms with Gasteiger partial charge in [0.25, 0.3) is 0 Å². The molecule has 2 N–H and O–H groups in total. The molecule has 0 bridgehead atoms. The highest BCUT2D eigenvalue weighted by molar-refractivity contribution is 7.15. The number of allylic oxidation sites excluding steroid dienone is 4. The van der Waals surface area contributed by atoms with Crippen LogP contribution in [0.1, 0.15) is 67.9 Å². The van der Waals surface area contributed by atoms with Gasteiger partial charge in [-0.15, -0.1) is 9.24 Å². The lowest BCUT2D eigenvalue weighted by Crippen LogP contribution is -2.29. The molecule has 0 saturated heterocycles. The quantitative estimate of drug-likeness (QED) is 0.534. The molecule has 3 heteroatoms. The maximum Gasteiger partial charge on any atom is 0.0486 e. The molecule has 0 aliphatic rings. The van der Waals surface area contributed by atoms with Gasteiger partial charge in [0.15, 0.2) is 0 Å². The van der Waals surface area contributed by atoms with Crippen LogP contribution in [0.15, 0.2) is 36.6 Å². The highest BCUT2D eigenvalue weighted by Crippen LogP contribution is 2.12. The summed E-state index contributed by atoms with van der Waals surface area (Å²) in [4.78, 5) is 0. The molecular formula is C23H43N2P. The lowest BCUT2D eigenvalue weighted by atomic mass is 10.1. The molecule has 1 rings (SSSR count). The molecule has 0 amide bonds. The summed E-state index contributed by atoms with van der Waals surface area (Å²) in [5.41, 5.74) is 9.25. The van der Waals surface area contributed by atoms with Gasteiger partial charge in [0.1, 0.15) is 0 Å². The van der Waals surface area contributed by atoms with Crippen molar-refractivity contribution in [3.8, 4) is 0 Å². The van der Waals surface area contributed by atoms with Crippen LogP contribution in [0.5, 0.6) is 0 Å². The molecule has 2 nitrogen and oxygen atoms in total. The molecule has 0 saturated carbocycles. The fourth-order valence-electron chi connectivity index (χ4n) is 2.32. The summed E-state index contributed by atoms with van der Waals surface area (Å²) in [6.45, 7) is 22.7. The van der Waals surface area contributed by atoms with E-state index in [4.69, 9.17) is 5.73 Å². The van der Waals surface area contributed by atoms with E-state index < -0.39 is 0 Å². The lowest BCUT2D eigenvalue weighted by Gasteiger charge is -1.99. The molecule has 150 valence electrons. The van der Waals surface area contributed by atoms with Crippen LogP contribution < -0.4 is 16.3 Å². The summed E-state index contributed by atoms with van der Waals surface area (Å²) in [5.74, 6) is 0. The maximum atomic E-state index is 5.55. The molecule has 26 heavy (non-hydrogen) atoms. The third kappa shape index (κ3) is 9.94. The van der Waals surface area contributed by atoms with Crippen molar-refractivity contribution in [2.24, 2.45) is 5.73 Å². The predicted molar refractivity (Wildman–Crippen MR) is 129 cm³/mol. The molecule has 0 aliphatic heterocycles. The Bertz CT molecular complexity index is 646. The van der Waals surface area contributed by atoms with Crippen LogP contribution in [0.25, 0.3) is 17.7 Å². The minimum absolute atomic E-state index is 0.574. The molecule has 1 unspecified atom stereocenters. The van der Waals surface area contributed by atoms with Crippen LogP contribution in [0.3, 0.4) is 0 Å². The van der Waals surface area contributed by atoms with Gasteiger partial charge in [0.2, 0.25) is 0 Å². The molecule has 1 aromatic rings. The van der Waals surface area contributed by atoms with E-state index in [1.165, 1.54) is 27.3 Å². The second-order valence-corrected chi connectivity index (χ2v) is 5.06. The normalized spacial score (nSPS) is 12.3. The Hall–Kier alpha value is -1.37. The van der Waals surface area contributed by atoms with E-state index in [1.807, 2.05) is 53.7 Å². The summed E-state index contributed by atoms with van der Waals surface area (Å²) in [7, 11) is 2.76. The molecule has 0 aliphatic carbocycles. The number of nitrogens with zero attached hydrogens (tertiary/aromatic N) is 1. The first-order chi connectivity index (χ1) is 12.6. The Morgan fingerprint density at radius 1 is 1.15 bits per heavy atom. The van der Waals surface area contributed by atoms with E-state index in [-0.39, 0.29) is 0 Å². The highest BCUT2D eigenvalue weighted by atomic mass is 31.0. The number of rotatable bonds is 5. The van der Waals surface area contributed by atoms with Gasteiger partial charge in [0, 0.05) is 35.2 Å². The van der Waals surface area contributed by atoms with E-state index in [1.54, 1.807) is 0 Å². The average molecular weight is 379 g/mol. The molecular weight excluding hydrogens is 335 g/mol. The van der Waals surface area contributed by atoms with Gasteiger partial charge < -0.3 is 10.3 Å². The second-order valence-electron chi connectivity index (χ2n) is 4.70. The second kappa shape index (κ2) is 19.9. The molecule has 1 heterocycles. The first-order valence-corrected chi connectivity index (χ1v) is 10.6. The molecule has 0 spiro atoms. The van der Waals surface area contributed by atoms with Crippen LogP contribution in [-0.4, -0.2) is 11.1 Å². The third-order valence-corrected chi connectivity index (χ3v) is 3.62. The maximum absolute atomic E-state index is 5.55. The summed E-state index contributed by atoms with van der Waals surface area (Å²) in [5, 5.41) is 2.45. The summed E-state index contributed by atoms with van der Waals surface area (Å²) >= 11 is 0. The molecule has 1 aromatic heterocycles. The minimum atomic E-state index is 0.574. The topological polar surface area (TPSA) is 30.9 Å². The minimum Gasteiger partial charge on any atom is -0.343 e. The Labute approximate surface area is 165 Å². The van der Waals surface area contributed by atoms with E-state index >= 15 is 0 Å². The Balaban J connectivity index is -0.000000795. The Kier molecular flexibility index (Phi) is 22.6. The fraction of sp³-hybridized carbons (Fsp3) is 0.478. The van der Waals surface area contributed by atoms with E-state index in [9.17, 15) is 0 Å². The van der Waals surface area contributed by atoms with Gasteiger partial charge in [0.05, 0.1) is 0 Å². The van der Waals surface area contributed by atoms with Gasteiger partial charge in [-0.2, -0.15) is 0 Å². The number of hydrogen-bond acceptors (Lipinski definition) is 1. The lowest BCUT2D eigenvalue weighted by molar-refractivity contribution is 0.866. The zero-order valence-corrected chi connectivity index (χ0v) is 19.8. The molecule has 0 radical (unpaired) electrons. The van der Waals surface area contributed by atoms with Gasteiger partial charge >= 0.3 is 0 Å². The zero-order chi connectivity index (χ0) is 21.1. The SMILES string of the molecule is C=C/C=c1\c(=C/C)c(/C(C)=C/C(C)=C\CN)cn1CP.CC.CC.CC. The smallest absolute Gasteiger partial charge is 0.0486 e. The van der Waals surface area contributed by atoms with Crippen LogP contribution in [0.2, 0.25) is 0 Å². The van der Waals surface area contributed by atoms with Gasteiger partial charge in [-0.1, -0.05) is 78.0 Å². The third-order valence-electron chi connectivity index (χ3n) is 3.23. The van der Waals surface area contributed by atoms with E-state index in [0.717, 1.165) is 6.29 Å². The molecule has 1 atom stereocenters. The van der Waals surface area contributed by atoms with Crippen LogP contribution in [0.4, 0.5) is 0 Å². The number of nitrogens with two attached hydrogens (primary N) is 1. The van der Waals surface area contributed by atoms with Crippen LogP contribution in [-0.2, 0) is 6.29 Å². The standard InChI is InChI=1S/C17H25N2P.3C2H6/c1-5-7-17-15(6-2)16(11-19(17)12-20)14(4)10-13(3)8-9-18;3*1-2/h5-8,10-11H,1,9,12,18,20H2,2-4H3;3*1-2H3/b13-8-,14-10+,15-6-,17-7+;;;. The van der Waals surface area contributed by atoms with Crippen molar-refractivity contribution in [1.82, 2.24) is 4.57 Å². The first-order valence-electron chi connectivity index (χ1n) is 9.82. The van der Waals surface area contributed by atoms with Crippen molar-refractivity contribution in [3.05, 3.63) is 52.7 Å². The zero-order valence-electron chi connectivity index (χ0n) is 18.7. The van der Waals surface area contributed by atoms with Gasteiger partial charge in [-0.25, -0.2) is 0 Å². The van der Waals surface area contributed by atoms with E-state index in [2.05, 4.69) is 65.6 Å². The van der Waals surface area contributed by atoms with E-state index in [0.29, 0.717) is 6.54 Å². The van der Waals surface area contributed by atoms with Crippen molar-refractivity contribution >= 4 is 27.0 Å². The summed E-state index contributed by atoms with van der Waals surface area (Å²) < 4.78 is 2.22.